The van der Waals surface area contributed by atoms with Crippen molar-refractivity contribution in [3.63, 3.8) is 0 Å². The van der Waals surface area contributed by atoms with Gasteiger partial charge in [0, 0.05) is 24.8 Å². The number of hydrogen-bond acceptors (Lipinski definition) is 3. The smallest absolute Gasteiger partial charge is 0.152 e. The number of fused-ring (bicyclic) bond motifs is 1. The van der Waals surface area contributed by atoms with Crippen LogP contribution in [0.1, 0.15) is 44.7 Å². The van der Waals surface area contributed by atoms with Crippen molar-refractivity contribution in [2.45, 2.75) is 39.0 Å². The number of rotatable bonds is 6. The normalized spacial score (nSPS) is 16.8. The number of anilines is 1. The van der Waals surface area contributed by atoms with Crippen LogP contribution in [0, 0.1) is 5.41 Å². The first kappa shape index (κ1) is 13.7. The highest BCUT2D eigenvalue weighted by Crippen LogP contribution is 2.48. The molecule has 1 aliphatic rings. The fourth-order valence-electron chi connectivity index (χ4n) is 2.52. The van der Waals surface area contributed by atoms with Crippen LogP contribution in [0.25, 0.3) is 5.52 Å². The summed E-state index contributed by atoms with van der Waals surface area (Å²) in [5, 5.41) is 8.08. The van der Waals surface area contributed by atoms with Gasteiger partial charge in [-0.3, -0.25) is 0 Å². The van der Waals surface area contributed by atoms with Crippen LogP contribution in [0.4, 0.5) is 5.82 Å². The summed E-state index contributed by atoms with van der Waals surface area (Å²) < 4.78 is 1.91. The molecule has 2 heterocycles. The average molecular weight is 293 g/mol. The van der Waals surface area contributed by atoms with Gasteiger partial charge in [0.1, 0.15) is 5.52 Å². The minimum atomic E-state index is 0.400. The molecule has 1 saturated carbocycles. The van der Waals surface area contributed by atoms with Crippen molar-refractivity contribution < 1.29 is 0 Å². The Balaban J connectivity index is 1.81. The summed E-state index contributed by atoms with van der Waals surface area (Å²) in [6.45, 7) is 5.26. The van der Waals surface area contributed by atoms with Crippen LogP contribution >= 0.6 is 11.6 Å². The molecular weight excluding hydrogens is 272 g/mol. The van der Waals surface area contributed by atoms with Gasteiger partial charge < -0.3 is 5.32 Å². The lowest BCUT2D eigenvalue weighted by molar-refractivity contribution is 0.524. The van der Waals surface area contributed by atoms with Crippen molar-refractivity contribution in [1.82, 2.24) is 14.6 Å². The van der Waals surface area contributed by atoms with E-state index >= 15 is 0 Å². The molecule has 0 radical (unpaired) electrons. The summed E-state index contributed by atoms with van der Waals surface area (Å²) in [4.78, 5) is 4.47. The molecule has 0 atom stereocenters. The third-order valence-electron chi connectivity index (χ3n) is 4.21. The van der Waals surface area contributed by atoms with E-state index < -0.39 is 0 Å². The zero-order valence-electron chi connectivity index (χ0n) is 12.1. The molecule has 4 nitrogen and oxygen atoms in total. The van der Waals surface area contributed by atoms with Gasteiger partial charge in [-0.15, -0.1) is 11.6 Å². The fraction of sp³-hybridized carbons (Fsp3) is 0.600. The van der Waals surface area contributed by atoms with Crippen LogP contribution < -0.4 is 5.32 Å². The van der Waals surface area contributed by atoms with Crippen LogP contribution in [-0.2, 0) is 0 Å². The Hall–Kier alpha value is -1.29. The SMILES string of the molecule is CC(C)c1cc2c(NCC3(CCCl)CC3)nccn2n1. The van der Waals surface area contributed by atoms with Gasteiger partial charge in [-0.1, -0.05) is 13.8 Å². The molecule has 0 unspecified atom stereocenters. The number of nitrogens with one attached hydrogen (secondary N) is 1. The van der Waals surface area contributed by atoms with Crippen LogP contribution in [0.2, 0.25) is 0 Å². The van der Waals surface area contributed by atoms with E-state index in [0.717, 1.165) is 35.9 Å². The van der Waals surface area contributed by atoms with Gasteiger partial charge in [0.2, 0.25) is 0 Å². The molecule has 0 saturated heterocycles. The Labute approximate surface area is 124 Å². The Bertz CT molecular complexity index is 601. The molecule has 20 heavy (non-hydrogen) atoms. The van der Waals surface area contributed by atoms with E-state index in [2.05, 4.69) is 35.3 Å². The van der Waals surface area contributed by atoms with Gasteiger partial charge in [0.15, 0.2) is 5.82 Å². The van der Waals surface area contributed by atoms with Crippen LogP contribution in [0.5, 0.6) is 0 Å². The molecule has 0 bridgehead atoms. The molecule has 0 aliphatic heterocycles. The Morgan fingerprint density at radius 2 is 2.25 bits per heavy atom. The van der Waals surface area contributed by atoms with Crippen molar-refractivity contribution in [3.8, 4) is 0 Å². The van der Waals surface area contributed by atoms with Crippen molar-refractivity contribution in [2.75, 3.05) is 17.7 Å². The summed E-state index contributed by atoms with van der Waals surface area (Å²) in [5.74, 6) is 2.09. The lowest BCUT2D eigenvalue weighted by Gasteiger charge is -2.15. The van der Waals surface area contributed by atoms with E-state index in [1.165, 1.54) is 12.8 Å². The van der Waals surface area contributed by atoms with Gasteiger partial charge in [0.05, 0.1) is 5.69 Å². The first-order valence-electron chi connectivity index (χ1n) is 7.28. The molecule has 3 rings (SSSR count). The van der Waals surface area contributed by atoms with Gasteiger partial charge in [-0.05, 0) is 36.7 Å². The minimum absolute atomic E-state index is 0.400. The Morgan fingerprint density at radius 1 is 1.45 bits per heavy atom. The molecule has 0 spiro atoms. The maximum atomic E-state index is 5.88. The van der Waals surface area contributed by atoms with E-state index in [1.54, 1.807) is 6.20 Å². The first-order chi connectivity index (χ1) is 9.63. The highest BCUT2D eigenvalue weighted by atomic mass is 35.5. The molecule has 0 aromatic carbocycles. The standard InChI is InChI=1S/C15H21ClN4/c1-11(2)12-9-13-14(17-7-8-20(13)19-12)18-10-15(3-4-15)5-6-16/h7-9,11H,3-6,10H2,1-2H3,(H,17,18). The Morgan fingerprint density at radius 3 is 2.90 bits per heavy atom. The quantitative estimate of drug-likeness (QED) is 0.826. The van der Waals surface area contributed by atoms with Crippen molar-refractivity contribution in [2.24, 2.45) is 5.41 Å². The van der Waals surface area contributed by atoms with Crippen molar-refractivity contribution >= 4 is 22.9 Å². The molecule has 1 N–H and O–H groups in total. The number of alkyl halides is 1. The zero-order valence-corrected chi connectivity index (χ0v) is 12.8. The maximum Gasteiger partial charge on any atom is 0.152 e. The van der Waals surface area contributed by atoms with E-state index in [0.29, 0.717) is 11.3 Å². The van der Waals surface area contributed by atoms with Crippen LogP contribution in [-0.4, -0.2) is 27.0 Å². The van der Waals surface area contributed by atoms with E-state index in [-0.39, 0.29) is 0 Å². The van der Waals surface area contributed by atoms with Crippen molar-refractivity contribution in [1.29, 1.82) is 0 Å². The zero-order chi connectivity index (χ0) is 14.2. The highest BCUT2D eigenvalue weighted by molar-refractivity contribution is 6.17. The number of hydrogen-bond donors (Lipinski definition) is 1. The van der Waals surface area contributed by atoms with Crippen LogP contribution in [0.15, 0.2) is 18.5 Å². The maximum absolute atomic E-state index is 5.88. The summed E-state index contributed by atoms with van der Waals surface area (Å²) >= 11 is 5.88. The second-order valence-corrected chi connectivity index (χ2v) is 6.50. The summed E-state index contributed by atoms with van der Waals surface area (Å²) in [6, 6.07) is 2.13. The third kappa shape index (κ3) is 2.62. The second-order valence-electron chi connectivity index (χ2n) is 6.12. The summed E-state index contributed by atoms with van der Waals surface area (Å²) in [7, 11) is 0. The fourth-order valence-corrected chi connectivity index (χ4v) is 2.92. The first-order valence-corrected chi connectivity index (χ1v) is 7.81. The molecule has 2 aromatic rings. The molecule has 108 valence electrons. The van der Waals surface area contributed by atoms with E-state index in [9.17, 15) is 0 Å². The average Bonchev–Trinajstić information content (AvgIpc) is 3.03. The lowest BCUT2D eigenvalue weighted by atomic mass is 10.0. The van der Waals surface area contributed by atoms with E-state index in [4.69, 9.17) is 11.6 Å². The molecule has 1 aliphatic carbocycles. The Kier molecular flexibility index (Phi) is 3.59. The molecule has 0 amide bonds. The number of nitrogens with zero attached hydrogens (tertiary/aromatic N) is 3. The highest BCUT2D eigenvalue weighted by Gasteiger charge is 2.41. The van der Waals surface area contributed by atoms with Gasteiger partial charge >= 0.3 is 0 Å². The number of aromatic nitrogens is 3. The van der Waals surface area contributed by atoms with E-state index in [1.807, 2.05) is 10.7 Å². The third-order valence-corrected chi connectivity index (χ3v) is 4.40. The lowest BCUT2D eigenvalue weighted by Crippen LogP contribution is -2.17. The largest absolute Gasteiger partial charge is 0.368 e. The number of halogens is 1. The topological polar surface area (TPSA) is 42.2 Å². The molecule has 5 heteroatoms. The predicted octanol–water partition coefficient (Wildman–Crippen LogP) is 3.67. The van der Waals surface area contributed by atoms with Gasteiger partial charge in [-0.2, -0.15) is 5.10 Å². The molecule has 1 fully saturated rings. The molecular formula is C15H21ClN4. The second kappa shape index (κ2) is 5.24. The minimum Gasteiger partial charge on any atom is -0.368 e. The summed E-state index contributed by atoms with van der Waals surface area (Å²) in [6.07, 6.45) is 7.32. The van der Waals surface area contributed by atoms with Crippen molar-refractivity contribution in [3.05, 3.63) is 24.2 Å². The van der Waals surface area contributed by atoms with Crippen LogP contribution in [0.3, 0.4) is 0 Å². The monoisotopic (exact) mass is 292 g/mol. The summed E-state index contributed by atoms with van der Waals surface area (Å²) in [5.41, 5.74) is 2.55. The predicted molar refractivity (Wildman–Crippen MR) is 82.6 cm³/mol. The van der Waals surface area contributed by atoms with Gasteiger partial charge in [-0.25, -0.2) is 9.50 Å². The molecule has 2 aromatic heterocycles. The van der Waals surface area contributed by atoms with Gasteiger partial charge in [0.25, 0.3) is 0 Å².